The smallest absolute Gasteiger partial charge is 0.303 e. The van der Waals surface area contributed by atoms with E-state index in [2.05, 4.69) is 20.5 Å². The molecular weight excluding hydrogens is 236 g/mol. The third kappa shape index (κ3) is 2.53. The first kappa shape index (κ1) is 12.2. The number of tetrazole rings is 1. The van der Waals surface area contributed by atoms with Crippen molar-refractivity contribution in [2.45, 2.75) is 19.9 Å². The van der Waals surface area contributed by atoms with E-state index in [4.69, 9.17) is 5.11 Å². The fourth-order valence-electron chi connectivity index (χ4n) is 1.74. The zero-order valence-electron chi connectivity index (χ0n) is 10.2. The highest BCUT2D eigenvalue weighted by Crippen LogP contribution is 2.15. The van der Waals surface area contributed by atoms with Gasteiger partial charge in [0.1, 0.15) is 5.69 Å². The van der Waals surface area contributed by atoms with Gasteiger partial charge >= 0.3 is 5.97 Å². The number of hydrogen-bond donors (Lipinski definition) is 1. The normalized spacial score (nSPS) is 12.6. The lowest BCUT2D eigenvalue weighted by Crippen LogP contribution is -2.14. The number of carboxylic acid groups (broad SMARTS) is 1. The molecule has 2 heterocycles. The van der Waals surface area contributed by atoms with Crippen LogP contribution in [-0.2, 0) is 18.4 Å². The zero-order chi connectivity index (χ0) is 13.1. The van der Waals surface area contributed by atoms with Crippen molar-refractivity contribution < 1.29 is 9.90 Å². The highest BCUT2D eigenvalue weighted by Gasteiger charge is 2.15. The summed E-state index contributed by atoms with van der Waals surface area (Å²) in [6, 6.07) is 0. The molecule has 0 spiro atoms. The summed E-state index contributed by atoms with van der Waals surface area (Å²) in [5.41, 5.74) is 0.794. The molecule has 0 aliphatic carbocycles. The molecule has 96 valence electrons. The Morgan fingerprint density at radius 3 is 2.94 bits per heavy atom. The van der Waals surface area contributed by atoms with Crippen molar-refractivity contribution >= 4 is 5.97 Å². The molecule has 0 saturated carbocycles. The van der Waals surface area contributed by atoms with Crippen molar-refractivity contribution in [3.63, 3.8) is 0 Å². The maximum atomic E-state index is 10.6. The Balaban J connectivity index is 2.18. The first-order valence-electron chi connectivity index (χ1n) is 5.52. The summed E-state index contributed by atoms with van der Waals surface area (Å²) in [5.74, 6) is -0.275. The van der Waals surface area contributed by atoms with Gasteiger partial charge in [-0.25, -0.2) is 9.67 Å². The maximum Gasteiger partial charge on any atom is 0.303 e. The van der Waals surface area contributed by atoms with Gasteiger partial charge in [0.15, 0.2) is 5.82 Å². The number of imidazole rings is 1. The fourth-order valence-corrected chi connectivity index (χ4v) is 1.74. The minimum atomic E-state index is -0.822. The van der Waals surface area contributed by atoms with E-state index in [-0.39, 0.29) is 12.3 Å². The number of nitrogens with zero attached hydrogens (tertiary/aromatic N) is 6. The van der Waals surface area contributed by atoms with Crippen molar-refractivity contribution in [3.05, 3.63) is 12.5 Å². The van der Waals surface area contributed by atoms with Crippen LogP contribution < -0.4 is 0 Å². The summed E-state index contributed by atoms with van der Waals surface area (Å²) in [5, 5.41) is 20.2. The van der Waals surface area contributed by atoms with Crippen LogP contribution in [-0.4, -0.2) is 40.8 Å². The minimum Gasteiger partial charge on any atom is -0.481 e. The molecule has 1 atom stereocenters. The zero-order valence-corrected chi connectivity index (χ0v) is 10.2. The number of aliphatic carboxylic acids is 1. The van der Waals surface area contributed by atoms with Gasteiger partial charge in [0.25, 0.3) is 0 Å². The Morgan fingerprint density at radius 1 is 1.56 bits per heavy atom. The third-order valence-electron chi connectivity index (χ3n) is 2.59. The first-order valence-corrected chi connectivity index (χ1v) is 5.52. The predicted octanol–water partition coefficient (Wildman–Crippen LogP) is 0.184. The average molecular weight is 250 g/mol. The van der Waals surface area contributed by atoms with Gasteiger partial charge in [-0.2, -0.15) is 0 Å². The molecule has 0 aromatic carbocycles. The SMILES string of the molecule is CC(CC(=O)O)Cn1nnnc1-c1cncn1C. The number of hydrogen-bond acceptors (Lipinski definition) is 5. The van der Waals surface area contributed by atoms with Gasteiger partial charge in [0.05, 0.1) is 12.5 Å². The van der Waals surface area contributed by atoms with E-state index in [1.807, 2.05) is 18.5 Å². The summed E-state index contributed by atoms with van der Waals surface area (Å²) in [6.45, 7) is 2.31. The molecule has 2 aromatic heterocycles. The fraction of sp³-hybridized carbons (Fsp3) is 0.500. The van der Waals surface area contributed by atoms with E-state index in [1.54, 1.807) is 17.2 Å². The molecule has 18 heavy (non-hydrogen) atoms. The van der Waals surface area contributed by atoms with Gasteiger partial charge in [-0.15, -0.1) is 5.10 Å². The summed E-state index contributed by atoms with van der Waals surface area (Å²) in [6.07, 6.45) is 3.42. The molecule has 1 unspecified atom stereocenters. The van der Waals surface area contributed by atoms with Crippen LogP contribution in [0.4, 0.5) is 0 Å². The number of carboxylic acids is 1. The Labute approximate surface area is 103 Å². The van der Waals surface area contributed by atoms with Crippen molar-refractivity contribution in [2.75, 3.05) is 0 Å². The van der Waals surface area contributed by atoms with E-state index in [1.165, 1.54) is 0 Å². The summed E-state index contributed by atoms with van der Waals surface area (Å²) in [7, 11) is 1.85. The number of aromatic nitrogens is 6. The number of carbonyl (C=O) groups is 1. The summed E-state index contributed by atoms with van der Waals surface area (Å²) < 4.78 is 3.41. The lowest BCUT2D eigenvalue weighted by atomic mass is 10.1. The van der Waals surface area contributed by atoms with Gasteiger partial charge in [-0.1, -0.05) is 6.92 Å². The van der Waals surface area contributed by atoms with Gasteiger partial charge in [-0.3, -0.25) is 4.79 Å². The summed E-state index contributed by atoms with van der Waals surface area (Å²) in [4.78, 5) is 14.6. The van der Waals surface area contributed by atoms with Crippen LogP contribution in [0.15, 0.2) is 12.5 Å². The first-order chi connectivity index (χ1) is 8.58. The quantitative estimate of drug-likeness (QED) is 0.813. The van der Waals surface area contributed by atoms with Crippen LogP contribution in [0, 0.1) is 5.92 Å². The second-order valence-electron chi connectivity index (χ2n) is 4.28. The largest absolute Gasteiger partial charge is 0.481 e. The van der Waals surface area contributed by atoms with Gasteiger partial charge in [0, 0.05) is 20.0 Å². The van der Waals surface area contributed by atoms with E-state index in [0.29, 0.717) is 12.4 Å². The molecule has 0 bridgehead atoms. The van der Waals surface area contributed by atoms with Crippen molar-refractivity contribution in [2.24, 2.45) is 13.0 Å². The monoisotopic (exact) mass is 250 g/mol. The highest BCUT2D eigenvalue weighted by molar-refractivity contribution is 5.66. The number of rotatable bonds is 5. The summed E-state index contributed by atoms with van der Waals surface area (Å²) >= 11 is 0. The third-order valence-corrected chi connectivity index (χ3v) is 2.59. The molecule has 2 aromatic rings. The van der Waals surface area contributed by atoms with Crippen LogP contribution >= 0.6 is 0 Å². The average Bonchev–Trinajstić information content (AvgIpc) is 2.85. The molecule has 2 rings (SSSR count). The van der Waals surface area contributed by atoms with Gasteiger partial charge in [-0.05, 0) is 16.3 Å². The molecule has 8 heteroatoms. The Kier molecular flexibility index (Phi) is 3.35. The van der Waals surface area contributed by atoms with E-state index >= 15 is 0 Å². The predicted molar refractivity (Wildman–Crippen MR) is 61.4 cm³/mol. The number of aryl methyl sites for hydroxylation is 1. The van der Waals surface area contributed by atoms with Gasteiger partial charge < -0.3 is 9.67 Å². The molecule has 0 saturated heterocycles. The lowest BCUT2D eigenvalue weighted by Gasteiger charge is -2.09. The molecule has 0 aliphatic heterocycles. The van der Waals surface area contributed by atoms with Crippen LogP contribution in [0.5, 0.6) is 0 Å². The van der Waals surface area contributed by atoms with E-state index in [9.17, 15) is 4.79 Å². The second-order valence-corrected chi connectivity index (χ2v) is 4.28. The standard InChI is InChI=1S/C10H14N6O2/c1-7(3-9(17)18)5-16-10(12-13-14-16)8-4-11-6-15(8)2/h4,6-7H,3,5H2,1-2H3,(H,17,18). The molecule has 0 fully saturated rings. The van der Waals surface area contributed by atoms with Crippen LogP contribution in [0.1, 0.15) is 13.3 Å². The molecule has 8 nitrogen and oxygen atoms in total. The highest BCUT2D eigenvalue weighted by atomic mass is 16.4. The maximum absolute atomic E-state index is 10.6. The molecule has 1 N–H and O–H groups in total. The Morgan fingerprint density at radius 2 is 2.33 bits per heavy atom. The van der Waals surface area contributed by atoms with Crippen LogP contribution in [0.2, 0.25) is 0 Å². The second kappa shape index (κ2) is 4.94. The van der Waals surface area contributed by atoms with Crippen LogP contribution in [0.25, 0.3) is 11.5 Å². The van der Waals surface area contributed by atoms with Crippen LogP contribution in [0.3, 0.4) is 0 Å². The van der Waals surface area contributed by atoms with Crippen molar-refractivity contribution in [1.29, 1.82) is 0 Å². The van der Waals surface area contributed by atoms with Crippen molar-refractivity contribution in [1.82, 2.24) is 29.8 Å². The molecule has 0 aliphatic rings. The Bertz CT molecular complexity index is 546. The topological polar surface area (TPSA) is 98.7 Å². The molecule has 0 amide bonds. The Hall–Kier alpha value is -2.25. The molecular formula is C10H14N6O2. The van der Waals surface area contributed by atoms with Gasteiger partial charge in [0.2, 0.25) is 0 Å². The van der Waals surface area contributed by atoms with E-state index in [0.717, 1.165) is 5.69 Å². The van der Waals surface area contributed by atoms with E-state index < -0.39 is 5.97 Å². The van der Waals surface area contributed by atoms with Crippen molar-refractivity contribution in [3.8, 4) is 11.5 Å². The lowest BCUT2D eigenvalue weighted by molar-refractivity contribution is -0.138. The minimum absolute atomic E-state index is 0.0435. The molecule has 0 radical (unpaired) electrons.